The molecule has 1 aliphatic rings. The van der Waals surface area contributed by atoms with E-state index in [1.54, 1.807) is 0 Å². The Morgan fingerprint density at radius 1 is 0.800 bits per heavy atom. The van der Waals surface area contributed by atoms with Crippen molar-refractivity contribution in [2.75, 3.05) is 25.8 Å². The van der Waals surface area contributed by atoms with Crippen LogP contribution in [0.5, 0.6) is 0 Å². The Balaban J connectivity index is 2.00. The van der Waals surface area contributed by atoms with Crippen LogP contribution in [0.15, 0.2) is 0 Å². The monoisotopic (exact) mass is 137 g/mol. The van der Waals surface area contributed by atoms with Gasteiger partial charge < -0.3 is 15.8 Å². The van der Waals surface area contributed by atoms with E-state index in [2.05, 4.69) is 15.8 Å². The van der Waals surface area contributed by atoms with Crippen molar-refractivity contribution in [3.05, 3.63) is 0 Å². The molecule has 0 radical (unpaired) electrons. The van der Waals surface area contributed by atoms with Crippen molar-refractivity contribution in [3.63, 3.8) is 0 Å². The Morgan fingerprint density at radius 3 is 2.00 bits per heavy atom. The highest BCUT2D eigenvalue weighted by Crippen LogP contribution is 1.61. The highest BCUT2D eigenvalue weighted by atomic mass is 14.9. The molecule has 0 atom stereocenters. The van der Waals surface area contributed by atoms with Crippen molar-refractivity contribution in [2.24, 2.45) is 0 Å². The molecule has 1 saturated heterocycles. The van der Waals surface area contributed by atoms with Crippen LogP contribution < -0.4 is 15.8 Å². The van der Waals surface area contributed by atoms with Crippen LogP contribution in [0, 0.1) is 0 Å². The number of hydrogen-bond donors (Lipinski definition) is 3. The lowest BCUT2D eigenvalue weighted by Crippen LogP contribution is -2.42. The summed E-state index contributed by atoms with van der Waals surface area (Å²) in [5.74, 6) is 0. The van der Waals surface area contributed by atoms with Gasteiger partial charge in [0.2, 0.25) is 14.8 Å². The lowest BCUT2D eigenvalue weighted by Gasteiger charge is -2.08. The van der Waals surface area contributed by atoms with E-state index in [0.29, 0.717) is 0 Å². The van der Waals surface area contributed by atoms with Crippen molar-refractivity contribution < 1.29 is 0 Å². The van der Waals surface area contributed by atoms with Crippen LogP contribution in [-0.2, 0) is 0 Å². The Kier molecular flexibility index (Phi) is 4.77. The minimum Gasteiger partial charge on any atom is -0.365 e. The van der Waals surface area contributed by atoms with Crippen LogP contribution >= 0.6 is 0 Å². The highest BCUT2D eigenvalue weighted by molar-refractivity contribution is 6.43. The molecule has 0 aromatic heterocycles. The average molecular weight is 137 g/mol. The third kappa shape index (κ3) is 3.98. The lowest BCUT2D eigenvalue weighted by molar-refractivity contribution is 0.887. The van der Waals surface area contributed by atoms with Gasteiger partial charge in [0.1, 0.15) is 0 Å². The summed E-state index contributed by atoms with van der Waals surface area (Å²) < 4.78 is 0. The Bertz CT molecular complexity index is 48.9. The van der Waals surface area contributed by atoms with Gasteiger partial charge in [-0.2, -0.15) is 0 Å². The summed E-state index contributed by atoms with van der Waals surface area (Å²) in [7, 11) is 3.47. The zero-order chi connectivity index (χ0) is 7.07. The van der Waals surface area contributed by atoms with Gasteiger partial charge in [0, 0.05) is 0 Å². The van der Waals surface area contributed by atoms with E-state index in [1.807, 2.05) is 0 Å². The second-order valence-electron chi connectivity index (χ2n) is 2.60. The summed E-state index contributed by atoms with van der Waals surface area (Å²) in [4.78, 5) is 0. The van der Waals surface area contributed by atoms with Crippen LogP contribution in [-0.4, -0.2) is 47.9 Å². The van der Waals surface area contributed by atoms with Crippen molar-refractivity contribution in [2.45, 2.75) is 0 Å². The maximum Gasteiger partial charge on any atom is 0.215 e. The van der Waals surface area contributed by atoms with Gasteiger partial charge in [0.05, 0.1) is 0 Å². The van der Waals surface area contributed by atoms with Crippen LogP contribution in [0.25, 0.3) is 0 Å². The predicted octanol–water partition coefficient (Wildman–Crippen LogP) is -3.26. The van der Waals surface area contributed by atoms with Crippen molar-refractivity contribution in [1.29, 1.82) is 0 Å². The van der Waals surface area contributed by atoms with Gasteiger partial charge in [-0.1, -0.05) is 0 Å². The fraction of sp³-hybridized carbons (Fsp3) is 1.00. The molecule has 1 rings (SSSR count). The van der Waals surface area contributed by atoms with E-state index in [-0.39, 0.29) is 0 Å². The smallest absolute Gasteiger partial charge is 0.215 e. The van der Waals surface area contributed by atoms with Gasteiger partial charge in [-0.15, -0.1) is 0 Å². The Hall–Kier alpha value is 0.0748. The Labute approximate surface area is 64.5 Å². The first-order valence-corrected chi connectivity index (χ1v) is 4.12. The predicted molar refractivity (Wildman–Crippen MR) is 50.3 cm³/mol. The normalized spacial score (nSPS) is 21.6. The quantitative estimate of drug-likeness (QED) is 0.306. The van der Waals surface area contributed by atoms with Gasteiger partial charge in [-0.25, -0.2) is 0 Å². The molecule has 3 nitrogen and oxygen atoms in total. The molecule has 1 heterocycles. The fourth-order valence-corrected chi connectivity index (χ4v) is 1.07. The summed E-state index contributed by atoms with van der Waals surface area (Å²) in [6.07, 6.45) is 4.49. The number of nitrogens with one attached hydrogen (secondary N) is 3. The molecular weight excluding hydrogens is 123 g/mol. The molecule has 3 N–H and O–H groups in total. The fourth-order valence-electron chi connectivity index (χ4n) is 1.07. The van der Waals surface area contributed by atoms with Gasteiger partial charge >= 0.3 is 0 Å². The first kappa shape index (κ1) is 8.17. The van der Waals surface area contributed by atoms with Crippen molar-refractivity contribution in [1.82, 2.24) is 15.8 Å². The van der Waals surface area contributed by atoms with Crippen molar-refractivity contribution >= 4 is 22.1 Å². The summed E-state index contributed by atoms with van der Waals surface area (Å²) in [5, 5.41) is 10.0. The minimum atomic E-state index is 1.10. The molecule has 1 aliphatic heterocycles. The van der Waals surface area contributed by atoms with Crippen LogP contribution in [0.4, 0.5) is 0 Å². The minimum absolute atomic E-state index is 1.10. The van der Waals surface area contributed by atoms with Crippen LogP contribution in [0.1, 0.15) is 0 Å². The molecule has 1 fully saturated rings. The van der Waals surface area contributed by atoms with Gasteiger partial charge in [-0.05, 0) is 25.8 Å². The molecule has 0 saturated carbocycles. The average Bonchev–Trinajstić information content (AvgIpc) is 2.01. The third-order valence-electron chi connectivity index (χ3n) is 1.66. The molecule has 0 bridgehead atoms. The van der Waals surface area contributed by atoms with E-state index >= 15 is 0 Å². The van der Waals surface area contributed by atoms with E-state index < -0.39 is 0 Å². The standard InChI is InChI=1S/C4H14B3N3/c1-5-2-10-7-4-8-3-6-9-1/h5-10H,1-4H2. The summed E-state index contributed by atoms with van der Waals surface area (Å²) in [6.45, 7) is 0. The van der Waals surface area contributed by atoms with Crippen LogP contribution in [0.3, 0.4) is 0 Å². The summed E-state index contributed by atoms with van der Waals surface area (Å²) in [6, 6.07) is 0. The van der Waals surface area contributed by atoms with Crippen molar-refractivity contribution in [3.8, 4) is 0 Å². The molecule has 0 aromatic rings. The molecule has 0 unspecified atom stereocenters. The van der Waals surface area contributed by atoms with E-state index in [1.165, 1.54) is 7.28 Å². The van der Waals surface area contributed by atoms with Gasteiger partial charge in [-0.3, -0.25) is 0 Å². The summed E-state index contributed by atoms with van der Waals surface area (Å²) >= 11 is 0. The van der Waals surface area contributed by atoms with E-state index in [0.717, 1.165) is 40.6 Å². The topological polar surface area (TPSA) is 36.1 Å². The molecule has 6 heteroatoms. The zero-order valence-corrected chi connectivity index (χ0v) is 6.45. The van der Waals surface area contributed by atoms with Gasteiger partial charge in [0.25, 0.3) is 0 Å². The van der Waals surface area contributed by atoms with E-state index in [9.17, 15) is 0 Å². The molecular formula is C4H14B3N3. The molecule has 0 aliphatic carbocycles. The first-order valence-electron chi connectivity index (χ1n) is 4.12. The van der Waals surface area contributed by atoms with Gasteiger partial charge in [0.15, 0.2) is 7.28 Å². The first-order chi connectivity index (χ1) is 5.00. The molecule has 54 valence electrons. The number of hydrogen-bond acceptors (Lipinski definition) is 3. The molecule has 10 heavy (non-hydrogen) atoms. The second-order valence-corrected chi connectivity index (χ2v) is 2.60. The highest BCUT2D eigenvalue weighted by Gasteiger charge is 1.96. The SMILES string of the molecule is B1CNBCNCBNC1. The second kappa shape index (κ2) is 5.83. The molecule has 0 spiro atoms. The maximum absolute atomic E-state index is 3.35. The third-order valence-corrected chi connectivity index (χ3v) is 1.66. The number of rotatable bonds is 0. The lowest BCUT2D eigenvalue weighted by atomic mass is 9.73. The maximum atomic E-state index is 3.35. The Morgan fingerprint density at radius 2 is 1.40 bits per heavy atom. The van der Waals surface area contributed by atoms with E-state index in [4.69, 9.17) is 0 Å². The molecule has 0 amide bonds. The van der Waals surface area contributed by atoms with Crippen LogP contribution in [0.2, 0.25) is 0 Å². The summed E-state index contributed by atoms with van der Waals surface area (Å²) in [5.41, 5.74) is 0. The molecule has 0 aromatic carbocycles. The largest absolute Gasteiger partial charge is 0.365 e. The zero-order valence-electron chi connectivity index (χ0n) is 6.45.